The standard InChI is InChI=1S/C24H23N3O4/c1-16(22-13-18-6-4-5-7-21(18)31-22)26-23(28)15-30-24(29)19(14-25)12-17-8-10-20(11-9-17)27(2)3/h4-13,16H,15H2,1-3H3,(H,26,28)/b19-12+/t16-/m0/s1. The molecule has 31 heavy (non-hydrogen) atoms. The molecule has 0 bridgehead atoms. The summed E-state index contributed by atoms with van der Waals surface area (Å²) in [6.45, 7) is 1.28. The van der Waals surface area contributed by atoms with E-state index in [1.165, 1.54) is 6.08 Å². The highest BCUT2D eigenvalue weighted by Gasteiger charge is 2.17. The summed E-state index contributed by atoms with van der Waals surface area (Å²) in [5.74, 6) is -0.751. The van der Waals surface area contributed by atoms with Gasteiger partial charge < -0.3 is 19.4 Å². The number of nitrogens with zero attached hydrogens (tertiary/aromatic N) is 2. The number of nitrogens with one attached hydrogen (secondary N) is 1. The van der Waals surface area contributed by atoms with Crippen LogP contribution in [0.4, 0.5) is 5.69 Å². The van der Waals surface area contributed by atoms with Crippen molar-refractivity contribution >= 4 is 34.6 Å². The lowest BCUT2D eigenvalue weighted by Crippen LogP contribution is -2.31. The minimum Gasteiger partial charge on any atom is -0.459 e. The van der Waals surface area contributed by atoms with E-state index >= 15 is 0 Å². The van der Waals surface area contributed by atoms with Gasteiger partial charge in [-0.25, -0.2) is 4.79 Å². The normalized spacial score (nSPS) is 12.1. The van der Waals surface area contributed by atoms with E-state index in [1.807, 2.05) is 67.5 Å². The van der Waals surface area contributed by atoms with E-state index < -0.39 is 24.5 Å². The van der Waals surface area contributed by atoms with Crippen LogP contribution in [-0.4, -0.2) is 32.6 Å². The number of hydrogen-bond acceptors (Lipinski definition) is 6. The number of fused-ring (bicyclic) bond motifs is 1. The van der Waals surface area contributed by atoms with E-state index in [9.17, 15) is 14.9 Å². The van der Waals surface area contributed by atoms with Crippen LogP contribution in [0.2, 0.25) is 0 Å². The number of rotatable bonds is 7. The van der Waals surface area contributed by atoms with Crippen molar-refractivity contribution in [3.63, 3.8) is 0 Å². The summed E-state index contributed by atoms with van der Waals surface area (Å²) in [5, 5.41) is 12.9. The third kappa shape index (κ3) is 5.52. The first kappa shape index (κ1) is 21.7. The van der Waals surface area contributed by atoms with Crippen molar-refractivity contribution in [2.45, 2.75) is 13.0 Å². The number of para-hydroxylation sites is 1. The second kappa shape index (κ2) is 9.63. The molecular formula is C24H23N3O4. The van der Waals surface area contributed by atoms with E-state index in [2.05, 4.69) is 5.32 Å². The Bertz CT molecular complexity index is 1120. The van der Waals surface area contributed by atoms with Crippen LogP contribution in [0.25, 0.3) is 17.0 Å². The molecule has 0 saturated carbocycles. The fraction of sp³-hybridized carbons (Fsp3) is 0.208. The minimum atomic E-state index is -0.856. The quantitative estimate of drug-likeness (QED) is 0.357. The fourth-order valence-electron chi connectivity index (χ4n) is 2.95. The van der Waals surface area contributed by atoms with E-state index in [0.717, 1.165) is 16.7 Å². The van der Waals surface area contributed by atoms with Gasteiger partial charge in [-0.1, -0.05) is 30.3 Å². The van der Waals surface area contributed by atoms with Gasteiger partial charge in [0.25, 0.3) is 5.91 Å². The first-order chi connectivity index (χ1) is 14.9. The topological polar surface area (TPSA) is 95.6 Å². The maximum Gasteiger partial charge on any atom is 0.349 e. The number of esters is 1. The molecule has 1 heterocycles. The van der Waals surface area contributed by atoms with Crippen molar-refractivity contribution in [2.24, 2.45) is 0 Å². The lowest BCUT2D eigenvalue weighted by atomic mass is 10.1. The summed E-state index contributed by atoms with van der Waals surface area (Å²) in [4.78, 5) is 26.3. The highest BCUT2D eigenvalue weighted by molar-refractivity contribution is 5.98. The molecule has 0 saturated heterocycles. The third-order valence-electron chi connectivity index (χ3n) is 4.64. The van der Waals surface area contributed by atoms with Gasteiger partial charge in [0, 0.05) is 25.2 Å². The lowest BCUT2D eigenvalue weighted by Gasteiger charge is -2.12. The molecular weight excluding hydrogens is 394 g/mol. The smallest absolute Gasteiger partial charge is 0.349 e. The molecule has 3 aromatic rings. The first-order valence-corrected chi connectivity index (χ1v) is 9.71. The summed E-state index contributed by atoms with van der Waals surface area (Å²) in [6.07, 6.45) is 1.43. The molecule has 0 fully saturated rings. The van der Waals surface area contributed by atoms with Crippen LogP contribution in [0.1, 0.15) is 24.3 Å². The Morgan fingerprint density at radius 3 is 2.55 bits per heavy atom. The molecule has 158 valence electrons. The SMILES string of the molecule is C[C@H](NC(=O)COC(=O)/C(C#N)=C/c1ccc(N(C)C)cc1)c1cc2ccccc2o1. The highest BCUT2D eigenvalue weighted by Crippen LogP contribution is 2.23. The zero-order valence-corrected chi connectivity index (χ0v) is 17.6. The Morgan fingerprint density at radius 1 is 1.19 bits per heavy atom. The molecule has 2 aromatic carbocycles. The van der Waals surface area contributed by atoms with Crippen molar-refractivity contribution in [3.8, 4) is 6.07 Å². The Balaban J connectivity index is 1.56. The van der Waals surface area contributed by atoms with Crippen molar-refractivity contribution in [1.29, 1.82) is 5.26 Å². The van der Waals surface area contributed by atoms with Gasteiger partial charge in [-0.2, -0.15) is 5.26 Å². The highest BCUT2D eigenvalue weighted by atomic mass is 16.5. The maximum atomic E-state index is 12.2. The second-order valence-electron chi connectivity index (χ2n) is 7.21. The Labute approximate surface area is 180 Å². The van der Waals surface area contributed by atoms with Crippen LogP contribution < -0.4 is 10.2 Å². The van der Waals surface area contributed by atoms with Crippen molar-refractivity contribution in [3.05, 3.63) is 71.5 Å². The molecule has 0 radical (unpaired) electrons. The lowest BCUT2D eigenvalue weighted by molar-refractivity contribution is -0.144. The molecule has 7 heteroatoms. The molecule has 1 N–H and O–H groups in total. The molecule has 1 atom stereocenters. The summed E-state index contributed by atoms with van der Waals surface area (Å²) in [5.41, 5.74) is 2.22. The Hall–Kier alpha value is -4.05. The molecule has 1 aromatic heterocycles. The molecule has 0 spiro atoms. The van der Waals surface area contributed by atoms with Crippen LogP contribution in [0.5, 0.6) is 0 Å². The van der Waals surface area contributed by atoms with Gasteiger partial charge in [0.1, 0.15) is 23.0 Å². The number of benzene rings is 2. The van der Waals surface area contributed by atoms with Crippen molar-refractivity contribution < 1.29 is 18.7 Å². The summed E-state index contributed by atoms with van der Waals surface area (Å²) >= 11 is 0. The zero-order valence-electron chi connectivity index (χ0n) is 17.6. The summed E-state index contributed by atoms with van der Waals surface area (Å²) in [6, 6.07) is 18.1. The van der Waals surface area contributed by atoms with E-state index in [4.69, 9.17) is 9.15 Å². The van der Waals surface area contributed by atoms with Gasteiger partial charge in [0.15, 0.2) is 6.61 Å². The van der Waals surface area contributed by atoms with E-state index in [1.54, 1.807) is 19.1 Å². The van der Waals surface area contributed by atoms with Gasteiger partial charge in [-0.05, 0) is 42.8 Å². The second-order valence-corrected chi connectivity index (χ2v) is 7.21. The van der Waals surface area contributed by atoms with Crippen LogP contribution in [0, 0.1) is 11.3 Å². The predicted octanol–water partition coefficient (Wildman–Crippen LogP) is 3.83. The number of amides is 1. The van der Waals surface area contributed by atoms with Gasteiger partial charge in [0.05, 0.1) is 6.04 Å². The van der Waals surface area contributed by atoms with Crippen molar-refractivity contribution in [1.82, 2.24) is 5.32 Å². The monoisotopic (exact) mass is 417 g/mol. The average Bonchev–Trinajstić information content (AvgIpc) is 3.20. The van der Waals surface area contributed by atoms with Gasteiger partial charge in [0.2, 0.25) is 0 Å². The summed E-state index contributed by atoms with van der Waals surface area (Å²) < 4.78 is 10.7. The molecule has 0 aliphatic carbocycles. The van der Waals surface area contributed by atoms with Crippen molar-refractivity contribution in [2.75, 3.05) is 25.6 Å². The summed E-state index contributed by atoms with van der Waals surface area (Å²) in [7, 11) is 3.84. The largest absolute Gasteiger partial charge is 0.459 e. The number of hydrogen-bond donors (Lipinski definition) is 1. The third-order valence-corrected chi connectivity index (χ3v) is 4.64. The Kier molecular flexibility index (Phi) is 6.73. The zero-order chi connectivity index (χ0) is 22.4. The molecule has 3 rings (SSSR count). The number of nitriles is 1. The fourth-order valence-corrected chi connectivity index (χ4v) is 2.95. The molecule has 1 amide bonds. The molecule has 0 aliphatic heterocycles. The molecule has 0 unspecified atom stereocenters. The molecule has 7 nitrogen and oxygen atoms in total. The average molecular weight is 417 g/mol. The van der Waals surface area contributed by atoms with Gasteiger partial charge in [-0.3, -0.25) is 4.79 Å². The number of ether oxygens (including phenoxy) is 1. The van der Waals surface area contributed by atoms with Gasteiger partial charge in [-0.15, -0.1) is 0 Å². The first-order valence-electron chi connectivity index (χ1n) is 9.71. The minimum absolute atomic E-state index is 0.185. The van der Waals surface area contributed by atoms with E-state index in [0.29, 0.717) is 11.3 Å². The van der Waals surface area contributed by atoms with Gasteiger partial charge >= 0.3 is 5.97 Å². The van der Waals surface area contributed by atoms with Crippen LogP contribution >= 0.6 is 0 Å². The van der Waals surface area contributed by atoms with Crippen LogP contribution in [0.3, 0.4) is 0 Å². The van der Waals surface area contributed by atoms with Crippen LogP contribution in [-0.2, 0) is 14.3 Å². The number of carbonyl (C=O) groups is 2. The predicted molar refractivity (Wildman–Crippen MR) is 118 cm³/mol. The number of furan rings is 1. The molecule has 0 aliphatic rings. The van der Waals surface area contributed by atoms with Crippen LogP contribution in [0.15, 0.2) is 64.6 Å². The number of carbonyl (C=O) groups excluding carboxylic acids is 2. The number of anilines is 1. The van der Waals surface area contributed by atoms with E-state index in [-0.39, 0.29) is 5.57 Å². The maximum absolute atomic E-state index is 12.2. The Morgan fingerprint density at radius 2 is 1.90 bits per heavy atom.